The molecule has 0 radical (unpaired) electrons. The van der Waals surface area contributed by atoms with Gasteiger partial charge < -0.3 is 5.32 Å². The van der Waals surface area contributed by atoms with Crippen LogP contribution in [0.2, 0.25) is 0 Å². The second-order valence-electron chi connectivity index (χ2n) is 6.82. The maximum absolute atomic E-state index is 3.55. The van der Waals surface area contributed by atoms with Gasteiger partial charge in [0.2, 0.25) is 0 Å². The van der Waals surface area contributed by atoms with Crippen LogP contribution in [0.3, 0.4) is 0 Å². The molecule has 1 aliphatic carbocycles. The average molecular weight is 286 g/mol. The Morgan fingerprint density at radius 2 is 1.90 bits per heavy atom. The summed E-state index contributed by atoms with van der Waals surface area (Å²) in [6.45, 7) is 6.83. The predicted molar refractivity (Wildman–Crippen MR) is 89.2 cm³/mol. The van der Waals surface area contributed by atoms with Crippen molar-refractivity contribution in [1.82, 2.24) is 10.2 Å². The summed E-state index contributed by atoms with van der Waals surface area (Å²) in [5.74, 6) is 0.990. The van der Waals surface area contributed by atoms with Crippen LogP contribution >= 0.6 is 0 Å². The summed E-state index contributed by atoms with van der Waals surface area (Å²) in [6.07, 6.45) is 8.45. The maximum Gasteiger partial charge on any atom is 0.0240 e. The third kappa shape index (κ3) is 3.67. The smallest absolute Gasteiger partial charge is 0.0240 e. The number of nitrogens with zero attached hydrogens (tertiary/aromatic N) is 1. The van der Waals surface area contributed by atoms with Crippen molar-refractivity contribution >= 4 is 0 Å². The zero-order chi connectivity index (χ0) is 14.5. The first-order valence-electron chi connectivity index (χ1n) is 8.90. The first-order chi connectivity index (χ1) is 10.4. The van der Waals surface area contributed by atoms with Crippen LogP contribution in [0.5, 0.6) is 0 Å². The number of benzene rings is 1. The molecule has 1 N–H and O–H groups in total. The van der Waals surface area contributed by atoms with Gasteiger partial charge in [-0.15, -0.1) is 0 Å². The SMILES string of the molecule is CCCNCc1ccccc1CN1CCC2CCCCC21. The van der Waals surface area contributed by atoms with Gasteiger partial charge in [-0.2, -0.15) is 0 Å². The summed E-state index contributed by atoms with van der Waals surface area (Å²) in [5, 5.41) is 3.55. The van der Waals surface area contributed by atoms with Crippen molar-refractivity contribution in [1.29, 1.82) is 0 Å². The van der Waals surface area contributed by atoms with Crippen molar-refractivity contribution in [3.05, 3.63) is 35.4 Å². The normalized spacial score (nSPS) is 26.0. The van der Waals surface area contributed by atoms with Crippen molar-refractivity contribution in [3.63, 3.8) is 0 Å². The molecule has 1 aromatic rings. The minimum atomic E-state index is 0.871. The third-order valence-corrected chi connectivity index (χ3v) is 5.36. The average Bonchev–Trinajstić information content (AvgIpc) is 2.93. The van der Waals surface area contributed by atoms with E-state index in [0.717, 1.165) is 31.6 Å². The van der Waals surface area contributed by atoms with Crippen LogP contribution < -0.4 is 5.32 Å². The highest BCUT2D eigenvalue weighted by atomic mass is 15.2. The molecule has 2 atom stereocenters. The van der Waals surface area contributed by atoms with Crippen LogP contribution in [0.25, 0.3) is 0 Å². The van der Waals surface area contributed by atoms with Gasteiger partial charge in [-0.05, 0) is 55.8 Å². The van der Waals surface area contributed by atoms with Gasteiger partial charge in [-0.3, -0.25) is 4.90 Å². The van der Waals surface area contributed by atoms with E-state index in [9.17, 15) is 0 Å². The minimum Gasteiger partial charge on any atom is -0.313 e. The van der Waals surface area contributed by atoms with Crippen molar-refractivity contribution in [3.8, 4) is 0 Å². The quantitative estimate of drug-likeness (QED) is 0.797. The Morgan fingerprint density at radius 3 is 2.76 bits per heavy atom. The van der Waals surface area contributed by atoms with E-state index in [1.54, 1.807) is 0 Å². The first kappa shape index (κ1) is 15.1. The van der Waals surface area contributed by atoms with E-state index < -0.39 is 0 Å². The fraction of sp³-hybridized carbons (Fsp3) is 0.684. The molecule has 1 saturated carbocycles. The van der Waals surface area contributed by atoms with Crippen LogP contribution in [-0.2, 0) is 13.1 Å². The first-order valence-corrected chi connectivity index (χ1v) is 8.90. The molecule has 2 unspecified atom stereocenters. The Kier molecular flexibility index (Phi) is 5.32. The molecule has 1 heterocycles. The van der Waals surface area contributed by atoms with Gasteiger partial charge in [0.25, 0.3) is 0 Å². The van der Waals surface area contributed by atoms with E-state index in [2.05, 4.69) is 41.4 Å². The van der Waals surface area contributed by atoms with Gasteiger partial charge in [0.1, 0.15) is 0 Å². The van der Waals surface area contributed by atoms with Crippen LogP contribution in [0, 0.1) is 5.92 Å². The van der Waals surface area contributed by atoms with Crippen molar-refractivity contribution in [2.45, 2.75) is 64.6 Å². The number of likely N-dealkylation sites (tertiary alicyclic amines) is 1. The lowest BCUT2D eigenvalue weighted by molar-refractivity contribution is 0.175. The summed E-state index contributed by atoms with van der Waals surface area (Å²) >= 11 is 0. The van der Waals surface area contributed by atoms with Crippen LogP contribution in [0.4, 0.5) is 0 Å². The Morgan fingerprint density at radius 1 is 1.10 bits per heavy atom. The summed E-state index contributed by atoms with van der Waals surface area (Å²) in [6, 6.07) is 9.88. The molecule has 116 valence electrons. The second kappa shape index (κ2) is 7.42. The Bertz CT molecular complexity index is 443. The molecule has 2 fully saturated rings. The number of fused-ring (bicyclic) bond motifs is 1. The third-order valence-electron chi connectivity index (χ3n) is 5.36. The molecule has 2 nitrogen and oxygen atoms in total. The summed E-state index contributed by atoms with van der Waals surface area (Å²) in [7, 11) is 0. The molecular formula is C19H30N2. The number of rotatable bonds is 6. The van der Waals surface area contributed by atoms with Crippen molar-refractivity contribution in [2.24, 2.45) is 5.92 Å². The highest BCUT2D eigenvalue weighted by Crippen LogP contribution is 2.37. The van der Waals surface area contributed by atoms with Gasteiger partial charge in [-0.25, -0.2) is 0 Å². The fourth-order valence-corrected chi connectivity index (χ4v) is 4.20. The van der Waals surface area contributed by atoms with Crippen LogP contribution in [0.15, 0.2) is 24.3 Å². The highest BCUT2D eigenvalue weighted by molar-refractivity contribution is 5.27. The summed E-state index contributed by atoms with van der Waals surface area (Å²) < 4.78 is 0. The molecule has 0 spiro atoms. The summed E-state index contributed by atoms with van der Waals surface area (Å²) in [5.41, 5.74) is 3.03. The minimum absolute atomic E-state index is 0.871. The summed E-state index contributed by atoms with van der Waals surface area (Å²) in [4.78, 5) is 2.77. The van der Waals surface area contributed by atoms with Crippen LogP contribution in [-0.4, -0.2) is 24.0 Å². The fourth-order valence-electron chi connectivity index (χ4n) is 4.20. The van der Waals surface area contributed by atoms with E-state index >= 15 is 0 Å². The van der Waals surface area contributed by atoms with Crippen molar-refractivity contribution in [2.75, 3.05) is 13.1 Å². The van der Waals surface area contributed by atoms with Gasteiger partial charge in [-0.1, -0.05) is 44.0 Å². The second-order valence-corrected chi connectivity index (χ2v) is 6.82. The lowest BCUT2D eigenvalue weighted by Crippen LogP contribution is -2.34. The predicted octanol–water partition coefficient (Wildman–Crippen LogP) is 3.95. The van der Waals surface area contributed by atoms with E-state index in [0.29, 0.717) is 0 Å². The molecule has 2 heteroatoms. The molecule has 3 rings (SSSR count). The molecule has 2 aliphatic rings. The molecule has 1 saturated heterocycles. The van der Waals surface area contributed by atoms with Gasteiger partial charge in [0.15, 0.2) is 0 Å². The van der Waals surface area contributed by atoms with Crippen LogP contribution in [0.1, 0.15) is 56.6 Å². The zero-order valence-electron chi connectivity index (χ0n) is 13.5. The van der Waals surface area contributed by atoms with E-state index in [1.807, 2.05) is 0 Å². The van der Waals surface area contributed by atoms with Gasteiger partial charge >= 0.3 is 0 Å². The molecule has 1 aliphatic heterocycles. The molecule has 0 amide bonds. The lowest BCUT2D eigenvalue weighted by atomic mass is 9.85. The van der Waals surface area contributed by atoms with Crippen molar-refractivity contribution < 1.29 is 0 Å². The monoisotopic (exact) mass is 286 g/mol. The zero-order valence-corrected chi connectivity index (χ0v) is 13.5. The highest BCUT2D eigenvalue weighted by Gasteiger charge is 2.35. The largest absolute Gasteiger partial charge is 0.313 e. The molecule has 0 bridgehead atoms. The van der Waals surface area contributed by atoms with E-state index in [4.69, 9.17) is 0 Å². The van der Waals surface area contributed by atoms with E-state index in [1.165, 1.54) is 56.2 Å². The lowest BCUT2D eigenvalue weighted by Gasteiger charge is -2.32. The Balaban J connectivity index is 1.64. The molecular weight excluding hydrogens is 256 g/mol. The molecule has 21 heavy (non-hydrogen) atoms. The number of hydrogen-bond donors (Lipinski definition) is 1. The standard InChI is InChI=1S/C19H30N2/c1-2-12-20-14-17-8-3-4-9-18(17)15-21-13-11-16-7-5-6-10-19(16)21/h3-4,8-9,16,19-20H,2,5-7,10-15H2,1H3. The van der Waals surface area contributed by atoms with Gasteiger partial charge in [0.05, 0.1) is 0 Å². The maximum atomic E-state index is 3.55. The Labute approximate surface area is 129 Å². The topological polar surface area (TPSA) is 15.3 Å². The van der Waals surface area contributed by atoms with Gasteiger partial charge in [0, 0.05) is 19.1 Å². The number of nitrogens with one attached hydrogen (secondary N) is 1. The van der Waals surface area contributed by atoms with E-state index in [-0.39, 0.29) is 0 Å². The number of hydrogen-bond acceptors (Lipinski definition) is 2. The molecule has 0 aromatic heterocycles. The Hall–Kier alpha value is -0.860. The molecule has 1 aromatic carbocycles.